The van der Waals surface area contributed by atoms with Crippen molar-refractivity contribution in [2.75, 3.05) is 6.54 Å². The van der Waals surface area contributed by atoms with Crippen LogP contribution in [0, 0.1) is 11.8 Å². The van der Waals surface area contributed by atoms with E-state index in [9.17, 15) is 0 Å². The quantitative estimate of drug-likeness (QED) is 0.701. The monoisotopic (exact) mass is 279 g/mol. The lowest BCUT2D eigenvalue weighted by Gasteiger charge is -2.28. The molecule has 1 atom stereocenters. The molecule has 1 heterocycles. The van der Waals surface area contributed by atoms with Crippen molar-refractivity contribution >= 4 is 5.84 Å². The first kappa shape index (κ1) is 15.9. The SMILES string of the molecule is CC(C)C1=[N+](C2CCCCC2)C[C@@H](C(C)C)N1C(C)C. The first-order valence-electron chi connectivity index (χ1n) is 8.85. The Morgan fingerprint density at radius 1 is 0.950 bits per heavy atom. The summed E-state index contributed by atoms with van der Waals surface area (Å²) in [5.74, 6) is 3.01. The van der Waals surface area contributed by atoms with Gasteiger partial charge in [0.1, 0.15) is 12.6 Å². The molecule has 0 N–H and O–H groups in total. The number of hydrogen-bond donors (Lipinski definition) is 0. The Bertz CT molecular complexity index is 348. The van der Waals surface area contributed by atoms with Gasteiger partial charge in [-0.3, -0.25) is 9.48 Å². The fraction of sp³-hybridized carbons (Fsp3) is 0.944. The number of nitrogens with zero attached hydrogens (tertiary/aromatic N) is 2. The third kappa shape index (κ3) is 3.04. The van der Waals surface area contributed by atoms with Crippen LogP contribution in [0.25, 0.3) is 0 Å². The Kier molecular flexibility index (Phi) is 5.14. The lowest BCUT2D eigenvalue weighted by molar-refractivity contribution is -0.566. The van der Waals surface area contributed by atoms with Gasteiger partial charge in [0.25, 0.3) is 0 Å². The van der Waals surface area contributed by atoms with Crippen molar-refractivity contribution in [1.29, 1.82) is 0 Å². The van der Waals surface area contributed by atoms with Crippen LogP contribution in [-0.2, 0) is 0 Å². The molecule has 1 fully saturated rings. The van der Waals surface area contributed by atoms with Crippen LogP contribution in [0.2, 0.25) is 0 Å². The summed E-state index contributed by atoms with van der Waals surface area (Å²) in [6, 6.07) is 2.13. The highest BCUT2D eigenvalue weighted by Crippen LogP contribution is 2.29. The highest BCUT2D eigenvalue weighted by atomic mass is 15.4. The fourth-order valence-corrected chi connectivity index (χ4v) is 4.24. The van der Waals surface area contributed by atoms with E-state index in [2.05, 4.69) is 51.0 Å². The van der Waals surface area contributed by atoms with E-state index in [-0.39, 0.29) is 0 Å². The molecule has 0 spiro atoms. The van der Waals surface area contributed by atoms with Crippen LogP contribution < -0.4 is 0 Å². The van der Waals surface area contributed by atoms with Crippen LogP contribution in [0.5, 0.6) is 0 Å². The molecule has 2 rings (SSSR count). The first-order chi connectivity index (χ1) is 9.43. The molecule has 1 saturated carbocycles. The van der Waals surface area contributed by atoms with Crippen LogP contribution in [0.15, 0.2) is 0 Å². The number of hydrogen-bond acceptors (Lipinski definition) is 1. The molecular weight excluding hydrogens is 244 g/mol. The van der Waals surface area contributed by atoms with Gasteiger partial charge in [-0.05, 0) is 45.4 Å². The van der Waals surface area contributed by atoms with Gasteiger partial charge in [-0.15, -0.1) is 0 Å². The number of rotatable bonds is 4. The van der Waals surface area contributed by atoms with Crippen molar-refractivity contribution in [3.05, 3.63) is 0 Å². The summed E-state index contributed by atoms with van der Waals surface area (Å²) in [7, 11) is 0. The molecule has 1 aliphatic carbocycles. The molecule has 1 aliphatic heterocycles. The van der Waals surface area contributed by atoms with E-state index >= 15 is 0 Å². The molecule has 20 heavy (non-hydrogen) atoms. The van der Waals surface area contributed by atoms with Crippen molar-refractivity contribution < 1.29 is 4.58 Å². The molecule has 0 aromatic heterocycles. The van der Waals surface area contributed by atoms with Gasteiger partial charge in [0.05, 0.1) is 18.0 Å². The minimum absolute atomic E-state index is 0.619. The minimum atomic E-state index is 0.619. The third-order valence-electron chi connectivity index (χ3n) is 5.16. The van der Waals surface area contributed by atoms with Crippen molar-refractivity contribution in [2.45, 2.75) is 91.8 Å². The minimum Gasteiger partial charge on any atom is -0.258 e. The largest absolute Gasteiger partial charge is 0.258 e. The normalized spacial score (nSPS) is 25.6. The third-order valence-corrected chi connectivity index (χ3v) is 5.16. The van der Waals surface area contributed by atoms with E-state index in [1.807, 2.05) is 0 Å². The van der Waals surface area contributed by atoms with Crippen LogP contribution in [0.1, 0.15) is 73.6 Å². The summed E-state index contributed by atoms with van der Waals surface area (Å²) < 4.78 is 2.80. The maximum Gasteiger partial charge on any atom is 0.250 e. The van der Waals surface area contributed by atoms with E-state index in [4.69, 9.17) is 0 Å². The second-order valence-corrected chi connectivity index (χ2v) is 7.77. The van der Waals surface area contributed by atoms with Gasteiger partial charge in [-0.2, -0.15) is 0 Å². The van der Waals surface area contributed by atoms with Crippen LogP contribution in [0.4, 0.5) is 0 Å². The predicted octanol–water partition coefficient (Wildman–Crippen LogP) is 4.13. The zero-order chi connectivity index (χ0) is 14.9. The van der Waals surface area contributed by atoms with Gasteiger partial charge in [-0.25, -0.2) is 0 Å². The van der Waals surface area contributed by atoms with Crippen molar-refractivity contribution in [2.24, 2.45) is 11.8 Å². The van der Waals surface area contributed by atoms with Crippen molar-refractivity contribution in [3.8, 4) is 0 Å². The maximum absolute atomic E-state index is 2.80. The second-order valence-electron chi connectivity index (χ2n) is 7.77. The van der Waals surface area contributed by atoms with E-state index in [1.165, 1.54) is 38.6 Å². The van der Waals surface area contributed by atoms with Gasteiger partial charge in [0.15, 0.2) is 0 Å². The lowest BCUT2D eigenvalue weighted by atomic mass is 9.94. The highest BCUT2D eigenvalue weighted by molar-refractivity contribution is 5.81. The zero-order valence-corrected chi connectivity index (χ0v) is 14.5. The Morgan fingerprint density at radius 2 is 1.55 bits per heavy atom. The maximum atomic E-state index is 2.80. The molecule has 0 radical (unpaired) electrons. The average molecular weight is 279 g/mol. The Labute approximate surface area is 126 Å². The van der Waals surface area contributed by atoms with Crippen molar-refractivity contribution in [1.82, 2.24) is 4.90 Å². The molecule has 0 saturated heterocycles. The molecule has 0 bridgehead atoms. The fourth-order valence-electron chi connectivity index (χ4n) is 4.24. The highest BCUT2D eigenvalue weighted by Gasteiger charge is 2.45. The van der Waals surface area contributed by atoms with Gasteiger partial charge in [-0.1, -0.05) is 34.1 Å². The topological polar surface area (TPSA) is 6.25 Å². The van der Waals surface area contributed by atoms with Gasteiger partial charge in [0, 0.05) is 0 Å². The molecule has 2 heteroatoms. The summed E-state index contributed by atoms with van der Waals surface area (Å²) in [6.07, 6.45) is 7.13. The van der Waals surface area contributed by atoms with Gasteiger partial charge >= 0.3 is 0 Å². The second kappa shape index (κ2) is 6.49. The van der Waals surface area contributed by atoms with Gasteiger partial charge < -0.3 is 0 Å². The summed E-state index contributed by atoms with van der Waals surface area (Å²) >= 11 is 0. The molecule has 0 aromatic carbocycles. The molecule has 2 nitrogen and oxygen atoms in total. The molecule has 0 unspecified atom stereocenters. The van der Waals surface area contributed by atoms with E-state index in [1.54, 1.807) is 5.84 Å². The van der Waals surface area contributed by atoms with Crippen LogP contribution in [-0.4, -0.2) is 40.0 Å². The summed E-state index contributed by atoms with van der Waals surface area (Å²) in [5.41, 5.74) is 0. The van der Waals surface area contributed by atoms with E-state index in [0.29, 0.717) is 18.0 Å². The predicted molar refractivity (Wildman–Crippen MR) is 87.4 cm³/mol. The lowest BCUT2D eigenvalue weighted by Crippen LogP contribution is -2.46. The van der Waals surface area contributed by atoms with Gasteiger partial charge in [0.2, 0.25) is 5.84 Å². The number of amidine groups is 1. The molecule has 0 aromatic rings. The molecule has 2 aliphatic rings. The summed E-state index contributed by atoms with van der Waals surface area (Å²) in [4.78, 5) is 2.74. The van der Waals surface area contributed by atoms with E-state index < -0.39 is 0 Å². The Morgan fingerprint density at radius 3 is 2.00 bits per heavy atom. The van der Waals surface area contributed by atoms with Crippen molar-refractivity contribution in [3.63, 3.8) is 0 Å². The van der Waals surface area contributed by atoms with E-state index in [0.717, 1.165) is 12.0 Å². The van der Waals surface area contributed by atoms with Crippen LogP contribution in [0.3, 0.4) is 0 Å². The summed E-state index contributed by atoms with van der Waals surface area (Å²) in [6.45, 7) is 15.5. The van der Waals surface area contributed by atoms with Crippen LogP contribution >= 0.6 is 0 Å². The average Bonchev–Trinajstić information content (AvgIpc) is 2.80. The molecule has 0 amide bonds. The zero-order valence-electron chi connectivity index (χ0n) is 14.5. The Balaban J connectivity index is 2.32. The Hall–Kier alpha value is -0.530. The standard InChI is InChI=1S/C18H35N2/c1-13(2)17-12-19(16-10-8-7-9-11-16)18(14(3)4)20(17)15(5)6/h13-17H,7-12H2,1-6H3/q+1/t17-/m0/s1. The summed E-state index contributed by atoms with van der Waals surface area (Å²) in [5, 5.41) is 0. The molecule has 116 valence electrons. The first-order valence-corrected chi connectivity index (χ1v) is 8.85. The molecular formula is C18H35N2+. The smallest absolute Gasteiger partial charge is 0.250 e.